The summed E-state index contributed by atoms with van der Waals surface area (Å²) in [5.41, 5.74) is 5.83. The standard InChI is InChI=1S/C10H20N2OS/c1-7(2)9(11)5-10(13)12-8-3-4-14-6-8/h7-9H,3-6,11H2,1-2H3,(H,12,13). The molecule has 1 rings (SSSR count). The van der Waals surface area contributed by atoms with Gasteiger partial charge in [0, 0.05) is 24.3 Å². The van der Waals surface area contributed by atoms with E-state index in [1.165, 1.54) is 5.75 Å². The molecule has 0 aromatic heterocycles. The predicted molar refractivity (Wildman–Crippen MR) is 61.3 cm³/mol. The number of carbonyl (C=O) groups excluding carboxylic acids is 1. The van der Waals surface area contributed by atoms with Crippen LogP contribution in [0.2, 0.25) is 0 Å². The van der Waals surface area contributed by atoms with Crippen LogP contribution >= 0.6 is 11.8 Å². The minimum absolute atomic E-state index is 0.0101. The Hall–Kier alpha value is -0.220. The topological polar surface area (TPSA) is 55.1 Å². The van der Waals surface area contributed by atoms with Gasteiger partial charge in [-0.2, -0.15) is 11.8 Å². The maximum absolute atomic E-state index is 11.5. The van der Waals surface area contributed by atoms with Gasteiger partial charge in [-0.3, -0.25) is 4.79 Å². The third kappa shape index (κ3) is 3.88. The first-order chi connectivity index (χ1) is 6.59. The molecule has 0 aliphatic carbocycles. The van der Waals surface area contributed by atoms with Gasteiger partial charge >= 0.3 is 0 Å². The predicted octanol–water partition coefficient (Wildman–Crippen LogP) is 0.981. The first-order valence-electron chi connectivity index (χ1n) is 5.22. The zero-order valence-electron chi connectivity index (χ0n) is 8.95. The van der Waals surface area contributed by atoms with Crippen LogP contribution in [0.4, 0.5) is 0 Å². The lowest BCUT2D eigenvalue weighted by Gasteiger charge is -2.17. The summed E-state index contributed by atoms with van der Waals surface area (Å²) in [5.74, 6) is 2.71. The number of nitrogens with two attached hydrogens (primary N) is 1. The molecule has 1 saturated heterocycles. The molecule has 4 heteroatoms. The smallest absolute Gasteiger partial charge is 0.221 e. The quantitative estimate of drug-likeness (QED) is 0.736. The molecule has 0 aromatic rings. The second-order valence-corrected chi connectivity index (χ2v) is 5.39. The molecule has 0 spiro atoms. The summed E-state index contributed by atoms with van der Waals surface area (Å²) in [4.78, 5) is 11.5. The van der Waals surface area contributed by atoms with Crippen LogP contribution in [0, 0.1) is 5.92 Å². The van der Waals surface area contributed by atoms with Crippen LogP contribution in [0.25, 0.3) is 0 Å². The third-order valence-corrected chi connectivity index (χ3v) is 3.73. The van der Waals surface area contributed by atoms with E-state index in [2.05, 4.69) is 5.32 Å². The number of thioether (sulfide) groups is 1. The molecule has 1 amide bonds. The fourth-order valence-corrected chi connectivity index (χ4v) is 2.54. The van der Waals surface area contributed by atoms with E-state index in [1.807, 2.05) is 25.6 Å². The molecular formula is C10H20N2OS. The average molecular weight is 216 g/mol. The molecular weight excluding hydrogens is 196 g/mol. The zero-order valence-corrected chi connectivity index (χ0v) is 9.77. The number of nitrogens with one attached hydrogen (secondary N) is 1. The van der Waals surface area contributed by atoms with Crippen LogP contribution in [-0.4, -0.2) is 29.5 Å². The molecule has 0 bridgehead atoms. The maximum atomic E-state index is 11.5. The average Bonchev–Trinajstić information content (AvgIpc) is 2.56. The highest BCUT2D eigenvalue weighted by Crippen LogP contribution is 2.17. The van der Waals surface area contributed by atoms with Crippen LogP contribution in [0.15, 0.2) is 0 Å². The Morgan fingerprint density at radius 1 is 1.64 bits per heavy atom. The molecule has 2 atom stereocenters. The van der Waals surface area contributed by atoms with E-state index < -0.39 is 0 Å². The third-order valence-electron chi connectivity index (χ3n) is 2.57. The van der Waals surface area contributed by atoms with Crippen molar-refractivity contribution in [2.24, 2.45) is 11.7 Å². The van der Waals surface area contributed by atoms with Gasteiger partial charge in [-0.1, -0.05) is 13.8 Å². The monoisotopic (exact) mass is 216 g/mol. The minimum Gasteiger partial charge on any atom is -0.352 e. The summed E-state index contributed by atoms with van der Waals surface area (Å²) in [6.07, 6.45) is 1.56. The number of amides is 1. The van der Waals surface area contributed by atoms with Gasteiger partial charge in [0.25, 0.3) is 0 Å². The van der Waals surface area contributed by atoms with Gasteiger partial charge in [0.15, 0.2) is 0 Å². The van der Waals surface area contributed by atoms with E-state index in [0.29, 0.717) is 18.4 Å². The molecule has 1 aliphatic rings. The highest BCUT2D eigenvalue weighted by molar-refractivity contribution is 7.99. The molecule has 3 N–H and O–H groups in total. The lowest BCUT2D eigenvalue weighted by atomic mass is 10.0. The summed E-state index contributed by atoms with van der Waals surface area (Å²) in [7, 11) is 0. The Morgan fingerprint density at radius 3 is 2.86 bits per heavy atom. The summed E-state index contributed by atoms with van der Waals surface area (Å²) < 4.78 is 0. The number of hydrogen-bond donors (Lipinski definition) is 2. The van der Waals surface area contributed by atoms with E-state index in [1.54, 1.807) is 0 Å². The minimum atomic E-state index is -0.0101. The second-order valence-electron chi connectivity index (χ2n) is 4.24. The van der Waals surface area contributed by atoms with Gasteiger partial charge in [-0.25, -0.2) is 0 Å². The number of rotatable bonds is 4. The van der Waals surface area contributed by atoms with E-state index in [9.17, 15) is 4.79 Å². The van der Waals surface area contributed by atoms with Crippen molar-refractivity contribution in [3.8, 4) is 0 Å². The van der Waals surface area contributed by atoms with Crippen molar-refractivity contribution in [1.82, 2.24) is 5.32 Å². The Labute approximate surface area is 90.2 Å². The van der Waals surface area contributed by atoms with Crippen LogP contribution < -0.4 is 11.1 Å². The Bertz CT molecular complexity index is 185. The van der Waals surface area contributed by atoms with Gasteiger partial charge in [-0.05, 0) is 18.1 Å². The lowest BCUT2D eigenvalue weighted by Crippen LogP contribution is -2.39. The van der Waals surface area contributed by atoms with Crippen LogP contribution in [0.3, 0.4) is 0 Å². The van der Waals surface area contributed by atoms with Crippen LogP contribution in [-0.2, 0) is 4.79 Å². The van der Waals surface area contributed by atoms with Gasteiger partial charge in [0.1, 0.15) is 0 Å². The van der Waals surface area contributed by atoms with E-state index in [-0.39, 0.29) is 11.9 Å². The van der Waals surface area contributed by atoms with Gasteiger partial charge in [-0.15, -0.1) is 0 Å². The van der Waals surface area contributed by atoms with Crippen LogP contribution in [0.1, 0.15) is 26.7 Å². The second kappa shape index (κ2) is 5.61. The summed E-state index contributed by atoms with van der Waals surface area (Å²) >= 11 is 1.90. The fourth-order valence-electron chi connectivity index (χ4n) is 1.38. The van der Waals surface area contributed by atoms with Crippen molar-refractivity contribution in [3.05, 3.63) is 0 Å². The molecule has 1 heterocycles. The highest BCUT2D eigenvalue weighted by Gasteiger charge is 2.19. The normalized spacial score (nSPS) is 23.9. The van der Waals surface area contributed by atoms with E-state index in [0.717, 1.165) is 12.2 Å². The molecule has 2 unspecified atom stereocenters. The van der Waals surface area contributed by atoms with Gasteiger partial charge < -0.3 is 11.1 Å². The van der Waals surface area contributed by atoms with Gasteiger partial charge in [0.05, 0.1) is 0 Å². The molecule has 0 saturated carbocycles. The van der Waals surface area contributed by atoms with Crippen molar-refractivity contribution in [2.45, 2.75) is 38.8 Å². The molecule has 0 radical (unpaired) electrons. The Balaban J connectivity index is 2.21. The first kappa shape index (κ1) is 11.9. The zero-order chi connectivity index (χ0) is 10.6. The Kier molecular flexibility index (Phi) is 4.75. The molecule has 1 fully saturated rings. The molecule has 3 nitrogen and oxygen atoms in total. The molecule has 1 aliphatic heterocycles. The van der Waals surface area contributed by atoms with Crippen molar-refractivity contribution < 1.29 is 4.79 Å². The number of hydrogen-bond acceptors (Lipinski definition) is 3. The summed E-state index contributed by atoms with van der Waals surface area (Å²) in [6, 6.07) is 0.371. The Morgan fingerprint density at radius 2 is 2.36 bits per heavy atom. The van der Waals surface area contributed by atoms with Crippen molar-refractivity contribution in [1.29, 1.82) is 0 Å². The fraction of sp³-hybridized carbons (Fsp3) is 0.900. The molecule has 82 valence electrons. The van der Waals surface area contributed by atoms with E-state index in [4.69, 9.17) is 5.73 Å². The van der Waals surface area contributed by atoms with Crippen LogP contribution in [0.5, 0.6) is 0 Å². The van der Waals surface area contributed by atoms with Crippen molar-refractivity contribution in [3.63, 3.8) is 0 Å². The SMILES string of the molecule is CC(C)C(N)CC(=O)NC1CCSC1. The molecule has 14 heavy (non-hydrogen) atoms. The highest BCUT2D eigenvalue weighted by atomic mass is 32.2. The summed E-state index contributed by atoms with van der Waals surface area (Å²) in [5, 5.41) is 3.02. The lowest BCUT2D eigenvalue weighted by molar-refractivity contribution is -0.122. The maximum Gasteiger partial charge on any atom is 0.221 e. The summed E-state index contributed by atoms with van der Waals surface area (Å²) in [6.45, 7) is 4.09. The first-order valence-corrected chi connectivity index (χ1v) is 6.37. The number of carbonyl (C=O) groups is 1. The van der Waals surface area contributed by atoms with Gasteiger partial charge in [0.2, 0.25) is 5.91 Å². The van der Waals surface area contributed by atoms with Crippen molar-refractivity contribution >= 4 is 17.7 Å². The largest absolute Gasteiger partial charge is 0.352 e. The van der Waals surface area contributed by atoms with E-state index >= 15 is 0 Å². The molecule has 0 aromatic carbocycles. The van der Waals surface area contributed by atoms with Crippen molar-refractivity contribution in [2.75, 3.05) is 11.5 Å².